The average Bonchev–Trinajstić information content (AvgIpc) is 3.31. The number of hydrogen-bond acceptors (Lipinski definition) is 5. The van der Waals surface area contributed by atoms with Crippen molar-refractivity contribution >= 4 is 27.3 Å². The molecule has 2 fully saturated rings. The third kappa shape index (κ3) is 5.85. The highest BCUT2D eigenvalue weighted by atomic mass is 32.2. The molecule has 2 aromatic rings. The molecule has 2 aliphatic heterocycles. The first-order chi connectivity index (χ1) is 15.8. The van der Waals surface area contributed by atoms with Gasteiger partial charge in [-0.3, -0.25) is 9.69 Å². The number of hydrogen-bond donors (Lipinski definition) is 1. The normalized spacial score (nSPS) is 22.8. The zero-order valence-electron chi connectivity index (χ0n) is 19.6. The summed E-state index contributed by atoms with van der Waals surface area (Å²) in [5.41, 5.74) is 1.24. The van der Waals surface area contributed by atoms with Crippen molar-refractivity contribution in [3.8, 4) is 0 Å². The third-order valence-electron chi connectivity index (χ3n) is 6.92. The molecular formula is C25H35N3O3S2. The smallest absolute Gasteiger partial charge is 0.251 e. The Bertz CT molecular complexity index is 1050. The lowest BCUT2D eigenvalue weighted by Crippen LogP contribution is -2.42. The van der Waals surface area contributed by atoms with E-state index in [0.717, 1.165) is 57.3 Å². The number of amides is 1. The zero-order chi connectivity index (χ0) is 23.4. The van der Waals surface area contributed by atoms with Gasteiger partial charge in [0, 0.05) is 42.7 Å². The van der Waals surface area contributed by atoms with Crippen LogP contribution in [0.3, 0.4) is 0 Å². The minimum atomic E-state index is -3.60. The van der Waals surface area contributed by atoms with Crippen LogP contribution in [0.1, 0.15) is 59.8 Å². The molecule has 2 atom stereocenters. The molecule has 2 saturated heterocycles. The number of nitrogens with one attached hydrogen (secondary N) is 1. The number of carbonyl (C=O) groups is 1. The molecule has 2 unspecified atom stereocenters. The minimum absolute atomic E-state index is 0.00856. The summed E-state index contributed by atoms with van der Waals surface area (Å²) in [6, 6.07) is 9.19. The Morgan fingerprint density at radius 1 is 1.15 bits per heavy atom. The molecule has 2 aliphatic rings. The van der Waals surface area contributed by atoms with Crippen LogP contribution in [0.15, 0.2) is 40.6 Å². The van der Waals surface area contributed by atoms with Crippen LogP contribution in [-0.4, -0.2) is 55.8 Å². The maximum atomic E-state index is 13.2. The lowest BCUT2D eigenvalue weighted by molar-refractivity contribution is 0.0930. The number of nitrogens with zero attached hydrogens (tertiary/aromatic N) is 2. The van der Waals surface area contributed by atoms with Crippen molar-refractivity contribution in [3.63, 3.8) is 0 Å². The Kier molecular flexibility index (Phi) is 7.89. The summed E-state index contributed by atoms with van der Waals surface area (Å²) in [4.78, 5) is 17.1. The minimum Gasteiger partial charge on any atom is -0.352 e. The summed E-state index contributed by atoms with van der Waals surface area (Å²) in [6.07, 6.45) is 5.05. The molecule has 8 heteroatoms. The topological polar surface area (TPSA) is 69.7 Å². The highest BCUT2D eigenvalue weighted by Gasteiger charge is 2.31. The van der Waals surface area contributed by atoms with E-state index < -0.39 is 10.0 Å². The van der Waals surface area contributed by atoms with Gasteiger partial charge in [-0.2, -0.15) is 4.31 Å². The van der Waals surface area contributed by atoms with Gasteiger partial charge in [-0.05, 0) is 81.1 Å². The van der Waals surface area contributed by atoms with E-state index in [1.165, 1.54) is 4.88 Å². The number of benzene rings is 1. The third-order valence-corrected chi connectivity index (χ3v) is 9.79. The van der Waals surface area contributed by atoms with Gasteiger partial charge < -0.3 is 5.32 Å². The summed E-state index contributed by atoms with van der Waals surface area (Å²) < 4.78 is 28.1. The van der Waals surface area contributed by atoms with Crippen molar-refractivity contribution < 1.29 is 13.2 Å². The summed E-state index contributed by atoms with van der Waals surface area (Å²) in [7, 11) is -3.60. The van der Waals surface area contributed by atoms with E-state index in [1.54, 1.807) is 33.8 Å². The van der Waals surface area contributed by atoms with Crippen molar-refractivity contribution in [2.75, 3.05) is 26.2 Å². The molecule has 1 N–H and O–H groups in total. The molecular weight excluding hydrogens is 454 g/mol. The van der Waals surface area contributed by atoms with Gasteiger partial charge in [0.2, 0.25) is 10.0 Å². The number of piperidine rings is 2. The quantitative estimate of drug-likeness (QED) is 0.631. The van der Waals surface area contributed by atoms with E-state index in [0.29, 0.717) is 24.6 Å². The van der Waals surface area contributed by atoms with Crippen molar-refractivity contribution in [3.05, 3.63) is 51.7 Å². The van der Waals surface area contributed by atoms with Gasteiger partial charge in [0.25, 0.3) is 5.91 Å². The van der Waals surface area contributed by atoms with Gasteiger partial charge in [-0.25, -0.2) is 8.42 Å². The van der Waals surface area contributed by atoms with E-state index in [4.69, 9.17) is 0 Å². The van der Waals surface area contributed by atoms with E-state index in [2.05, 4.69) is 27.7 Å². The number of sulfonamides is 1. The summed E-state index contributed by atoms with van der Waals surface area (Å²) in [5.74, 6) is 0.218. The molecule has 0 bridgehead atoms. The Hall–Kier alpha value is -1.74. The lowest BCUT2D eigenvalue weighted by atomic mass is 9.97. The first-order valence-electron chi connectivity index (χ1n) is 12.0. The van der Waals surface area contributed by atoms with Crippen molar-refractivity contribution in [2.45, 2.75) is 63.4 Å². The molecule has 0 saturated carbocycles. The summed E-state index contributed by atoms with van der Waals surface area (Å²) in [6.45, 7) is 8.01. The van der Waals surface area contributed by atoms with E-state index >= 15 is 0 Å². The van der Waals surface area contributed by atoms with E-state index in [9.17, 15) is 13.2 Å². The molecule has 6 nitrogen and oxygen atoms in total. The second kappa shape index (κ2) is 10.7. The van der Waals surface area contributed by atoms with Crippen LogP contribution in [0.2, 0.25) is 0 Å². The average molecular weight is 490 g/mol. The fourth-order valence-corrected chi connectivity index (χ4v) is 7.46. The molecule has 1 aromatic carbocycles. The fourth-order valence-electron chi connectivity index (χ4n) is 4.99. The molecule has 1 amide bonds. The second-order valence-electron chi connectivity index (χ2n) is 9.47. The van der Waals surface area contributed by atoms with Gasteiger partial charge >= 0.3 is 0 Å². The lowest BCUT2D eigenvalue weighted by Gasteiger charge is -2.32. The molecule has 180 valence electrons. The Morgan fingerprint density at radius 2 is 2.00 bits per heavy atom. The van der Waals surface area contributed by atoms with Crippen LogP contribution in [0, 0.1) is 12.8 Å². The van der Waals surface area contributed by atoms with E-state index in [-0.39, 0.29) is 16.8 Å². The second-order valence-corrected chi connectivity index (χ2v) is 12.4. The SMILES string of the molecule is Cc1ccc(S(=O)(=O)N2CCCCC2C)cc1C(=O)NCC1CCCN(Cc2cccs2)C1. The molecule has 0 radical (unpaired) electrons. The standard InChI is InChI=1S/C25H35N3O3S2/c1-19-10-11-23(33(30,31)28-13-4-3-7-20(28)2)15-24(19)25(29)26-16-21-8-5-12-27(17-21)18-22-9-6-14-32-22/h6,9-11,14-15,20-21H,3-5,7-8,12-13,16-18H2,1-2H3,(H,26,29). The molecule has 1 aromatic heterocycles. The number of aryl methyl sites for hydroxylation is 1. The van der Waals surface area contributed by atoms with Crippen molar-refractivity contribution in [2.24, 2.45) is 5.92 Å². The first-order valence-corrected chi connectivity index (χ1v) is 14.3. The van der Waals surface area contributed by atoms with Gasteiger partial charge in [-0.15, -0.1) is 11.3 Å². The van der Waals surface area contributed by atoms with Crippen LogP contribution in [0.4, 0.5) is 0 Å². The summed E-state index contributed by atoms with van der Waals surface area (Å²) in [5, 5.41) is 5.20. The fraction of sp³-hybridized carbons (Fsp3) is 0.560. The van der Waals surface area contributed by atoms with Crippen molar-refractivity contribution in [1.29, 1.82) is 0 Å². The van der Waals surface area contributed by atoms with Crippen molar-refractivity contribution in [1.82, 2.24) is 14.5 Å². The zero-order valence-corrected chi connectivity index (χ0v) is 21.3. The Balaban J connectivity index is 1.40. The van der Waals surface area contributed by atoms with Gasteiger partial charge in [0.1, 0.15) is 0 Å². The first kappa shape index (κ1) is 24.4. The highest BCUT2D eigenvalue weighted by molar-refractivity contribution is 7.89. The number of carbonyl (C=O) groups excluding carboxylic acids is 1. The van der Waals surface area contributed by atoms with Gasteiger partial charge in [-0.1, -0.05) is 18.6 Å². The molecule has 33 heavy (non-hydrogen) atoms. The number of rotatable bonds is 7. The molecule has 0 aliphatic carbocycles. The van der Waals surface area contributed by atoms with Crippen LogP contribution < -0.4 is 5.32 Å². The number of thiophene rings is 1. The van der Waals surface area contributed by atoms with Crippen LogP contribution in [0.25, 0.3) is 0 Å². The Labute approximate surface area is 202 Å². The number of likely N-dealkylation sites (tertiary alicyclic amines) is 1. The van der Waals surface area contributed by atoms with Crippen LogP contribution in [-0.2, 0) is 16.6 Å². The largest absolute Gasteiger partial charge is 0.352 e. The Morgan fingerprint density at radius 3 is 2.76 bits per heavy atom. The maximum absolute atomic E-state index is 13.2. The van der Waals surface area contributed by atoms with E-state index in [1.807, 2.05) is 13.8 Å². The molecule has 3 heterocycles. The van der Waals surface area contributed by atoms with Crippen LogP contribution >= 0.6 is 11.3 Å². The molecule has 0 spiro atoms. The maximum Gasteiger partial charge on any atom is 0.251 e. The monoisotopic (exact) mass is 489 g/mol. The molecule has 4 rings (SSSR count). The highest BCUT2D eigenvalue weighted by Crippen LogP contribution is 2.26. The van der Waals surface area contributed by atoms with Gasteiger partial charge in [0.15, 0.2) is 0 Å². The van der Waals surface area contributed by atoms with Gasteiger partial charge in [0.05, 0.1) is 4.90 Å². The summed E-state index contributed by atoms with van der Waals surface area (Å²) >= 11 is 1.78. The van der Waals surface area contributed by atoms with Crippen LogP contribution in [0.5, 0.6) is 0 Å². The predicted molar refractivity (Wildman–Crippen MR) is 133 cm³/mol. The predicted octanol–water partition coefficient (Wildman–Crippen LogP) is 4.26.